The van der Waals surface area contributed by atoms with Gasteiger partial charge in [0.05, 0.1) is 16.0 Å². The Morgan fingerprint density at radius 3 is 3.00 bits per heavy atom. The summed E-state index contributed by atoms with van der Waals surface area (Å²) >= 11 is 13.8. The third-order valence-corrected chi connectivity index (χ3v) is 4.91. The summed E-state index contributed by atoms with van der Waals surface area (Å²) in [5, 5.41) is 8.14. The predicted octanol–water partition coefficient (Wildman–Crippen LogP) is 2.86. The van der Waals surface area contributed by atoms with Crippen LogP contribution in [0, 0.1) is 0 Å². The Hall–Kier alpha value is -0.820. The van der Waals surface area contributed by atoms with E-state index < -0.39 is 0 Å². The van der Waals surface area contributed by atoms with Gasteiger partial charge in [-0.25, -0.2) is 4.98 Å². The normalized spacial score (nSPS) is 22.4. The van der Waals surface area contributed by atoms with Crippen LogP contribution >= 0.6 is 35.0 Å². The first kappa shape index (κ1) is 14.1. The van der Waals surface area contributed by atoms with Crippen LogP contribution in [0.2, 0.25) is 10.0 Å². The Bertz CT molecular complexity index is 621. The number of thioether (sulfide) groups is 1. The quantitative estimate of drug-likeness (QED) is 0.933. The zero-order valence-corrected chi connectivity index (χ0v) is 13.0. The van der Waals surface area contributed by atoms with E-state index in [0.29, 0.717) is 33.5 Å². The monoisotopic (exact) mass is 330 g/mol. The summed E-state index contributed by atoms with van der Waals surface area (Å²) in [6, 6.07) is 1.96. The highest BCUT2D eigenvalue weighted by molar-refractivity contribution is 7.99. The number of rotatable bonds is 3. The summed E-state index contributed by atoms with van der Waals surface area (Å²) in [7, 11) is 1.94. The van der Waals surface area contributed by atoms with Gasteiger partial charge in [-0.3, -0.25) is 0 Å². The molecule has 106 valence electrons. The Morgan fingerprint density at radius 2 is 2.25 bits per heavy atom. The molecule has 2 unspecified atom stereocenters. The maximum Gasteiger partial charge on any atom is 0.232 e. The van der Waals surface area contributed by atoms with Crippen molar-refractivity contribution in [1.29, 1.82) is 0 Å². The average Bonchev–Trinajstić information content (AvgIpc) is 3.06. The summed E-state index contributed by atoms with van der Waals surface area (Å²) in [5.41, 5.74) is 0.484. The summed E-state index contributed by atoms with van der Waals surface area (Å²) in [5.74, 6) is 3.25. The fourth-order valence-corrected chi connectivity index (χ4v) is 4.03. The van der Waals surface area contributed by atoms with Crippen molar-refractivity contribution in [1.82, 2.24) is 20.4 Å². The van der Waals surface area contributed by atoms with Crippen LogP contribution in [0.3, 0.4) is 0 Å². The van der Waals surface area contributed by atoms with Crippen molar-refractivity contribution < 1.29 is 4.52 Å². The van der Waals surface area contributed by atoms with E-state index in [-0.39, 0.29) is 5.92 Å². The molecule has 2 atom stereocenters. The average molecular weight is 331 g/mol. The first-order valence-corrected chi connectivity index (χ1v) is 8.00. The highest BCUT2D eigenvalue weighted by atomic mass is 35.5. The number of nitrogens with zero attached hydrogens (tertiary/aromatic N) is 3. The van der Waals surface area contributed by atoms with Crippen LogP contribution in [0.1, 0.15) is 11.8 Å². The molecular formula is C12H12Cl2N4OS. The zero-order valence-electron chi connectivity index (χ0n) is 10.6. The van der Waals surface area contributed by atoms with Gasteiger partial charge in [0.1, 0.15) is 5.69 Å². The minimum absolute atomic E-state index is 0.220. The second-order valence-corrected chi connectivity index (χ2v) is 6.40. The number of likely N-dealkylation sites (N-methyl/N-ethyl adjacent to an activating group) is 1. The molecule has 1 fully saturated rings. The molecule has 0 amide bonds. The maximum atomic E-state index is 6.10. The molecule has 2 aromatic rings. The Kier molecular flexibility index (Phi) is 4.16. The SMILES string of the molecule is CNC1CSCC1c1nc(-c2ncc(Cl)cc2Cl)no1. The van der Waals surface area contributed by atoms with E-state index in [2.05, 4.69) is 20.4 Å². The fraction of sp³-hybridized carbons (Fsp3) is 0.417. The van der Waals surface area contributed by atoms with Crippen LogP contribution in [-0.4, -0.2) is 39.7 Å². The van der Waals surface area contributed by atoms with Crippen molar-refractivity contribution >= 4 is 35.0 Å². The molecule has 0 aromatic carbocycles. The third kappa shape index (κ3) is 2.65. The molecule has 8 heteroatoms. The molecule has 0 aliphatic carbocycles. The first-order chi connectivity index (χ1) is 9.69. The van der Waals surface area contributed by atoms with Crippen molar-refractivity contribution in [3.05, 3.63) is 28.2 Å². The lowest BCUT2D eigenvalue weighted by atomic mass is 10.0. The molecule has 1 aliphatic heterocycles. The predicted molar refractivity (Wildman–Crippen MR) is 80.5 cm³/mol. The molecule has 2 aromatic heterocycles. The number of aromatic nitrogens is 3. The molecule has 0 spiro atoms. The molecule has 0 saturated carbocycles. The van der Waals surface area contributed by atoms with Gasteiger partial charge in [0.15, 0.2) is 0 Å². The fourth-order valence-electron chi connectivity index (χ4n) is 2.14. The summed E-state index contributed by atoms with van der Waals surface area (Å²) in [4.78, 5) is 8.59. The standard InChI is InChI=1S/C12H12Cl2N4OS/c1-15-9-5-20-4-7(9)12-17-11(18-19-12)10-8(14)2-6(13)3-16-10/h2-3,7,9,15H,4-5H2,1H3. The largest absolute Gasteiger partial charge is 0.339 e. The van der Waals surface area contributed by atoms with Crippen LogP contribution in [0.4, 0.5) is 0 Å². The number of nitrogens with one attached hydrogen (secondary N) is 1. The molecule has 1 saturated heterocycles. The van der Waals surface area contributed by atoms with E-state index >= 15 is 0 Å². The maximum absolute atomic E-state index is 6.10. The molecule has 0 bridgehead atoms. The minimum Gasteiger partial charge on any atom is -0.339 e. The van der Waals surface area contributed by atoms with Gasteiger partial charge in [-0.05, 0) is 13.1 Å². The second-order valence-electron chi connectivity index (χ2n) is 4.48. The minimum atomic E-state index is 0.220. The number of halogens is 2. The van der Waals surface area contributed by atoms with Crippen molar-refractivity contribution in [2.45, 2.75) is 12.0 Å². The van der Waals surface area contributed by atoms with Crippen molar-refractivity contribution in [3.8, 4) is 11.5 Å². The van der Waals surface area contributed by atoms with Crippen molar-refractivity contribution in [2.75, 3.05) is 18.6 Å². The van der Waals surface area contributed by atoms with Crippen LogP contribution < -0.4 is 5.32 Å². The van der Waals surface area contributed by atoms with Gasteiger partial charge in [-0.15, -0.1) is 0 Å². The third-order valence-electron chi connectivity index (χ3n) is 3.23. The molecule has 5 nitrogen and oxygen atoms in total. The van der Waals surface area contributed by atoms with Crippen LogP contribution in [0.15, 0.2) is 16.8 Å². The molecule has 1 aliphatic rings. The summed E-state index contributed by atoms with van der Waals surface area (Å²) in [6.45, 7) is 0. The Balaban J connectivity index is 1.90. The van der Waals surface area contributed by atoms with Gasteiger partial charge < -0.3 is 9.84 Å². The van der Waals surface area contributed by atoms with E-state index in [0.717, 1.165) is 11.5 Å². The number of pyridine rings is 1. The molecule has 0 radical (unpaired) electrons. The van der Waals surface area contributed by atoms with Gasteiger partial charge in [-0.2, -0.15) is 16.7 Å². The lowest BCUT2D eigenvalue weighted by Crippen LogP contribution is -2.31. The highest BCUT2D eigenvalue weighted by Crippen LogP contribution is 2.33. The topological polar surface area (TPSA) is 63.8 Å². The molecule has 1 N–H and O–H groups in total. The molecule has 3 heterocycles. The first-order valence-electron chi connectivity index (χ1n) is 6.09. The number of hydrogen-bond acceptors (Lipinski definition) is 6. The summed E-state index contributed by atoms with van der Waals surface area (Å²) < 4.78 is 5.37. The lowest BCUT2D eigenvalue weighted by Gasteiger charge is -2.13. The molecule has 20 heavy (non-hydrogen) atoms. The van der Waals surface area contributed by atoms with Gasteiger partial charge in [-0.1, -0.05) is 28.4 Å². The molecule has 3 rings (SSSR count). The van der Waals surface area contributed by atoms with E-state index in [1.807, 2.05) is 18.8 Å². The van der Waals surface area contributed by atoms with Gasteiger partial charge in [0.2, 0.25) is 11.7 Å². The van der Waals surface area contributed by atoms with Crippen molar-refractivity contribution in [3.63, 3.8) is 0 Å². The van der Waals surface area contributed by atoms with Crippen LogP contribution in [-0.2, 0) is 0 Å². The summed E-state index contributed by atoms with van der Waals surface area (Å²) in [6.07, 6.45) is 1.51. The second kappa shape index (κ2) is 5.89. The van der Waals surface area contributed by atoms with Crippen LogP contribution in [0.25, 0.3) is 11.5 Å². The smallest absolute Gasteiger partial charge is 0.232 e. The highest BCUT2D eigenvalue weighted by Gasteiger charge is 2.32. The Morgan fingerprint density at radius 1 is 1.40 bits per heavy atom. The van der Waals surface area contributed by atoms with Gasteiger partial charge >= 0.3 is 0 Å². The van der Waals surface area contributed by atoms with E-state index in [4.69, 9.17) is 27.7 Å². The zero-order chi connectivity index (χ0) is 14.1. The van der Waals surface area contributed by atoms with Gasteiger partial charge in [0.25, 0.3) is 0 Å². The van der Waals surface area contributed by atoms with E-state index in [9.17, 15) is 0 Å². The molecular weight excluding hydrogens is 319 g/mol. The van der Waals surface area contributed by atoms with E-state index in [1.54, 1.807) is 6.07 Å². The Labute approximate surface area is 130 Å². The van der Waals surface area contributed by atoms with E-state index in [1.165, 1.54) is 6.20 Å². The van der Waals surface area contributed by atoms with Crippen molar-refractivity contribution in [2.24, 2.45) is 0 Å². The van der Waals surface area contributed by atoms with Gasteiger partial charge in [0, 0.05) is 23.7 Å². The van der Waals surface area contributed by atoms with Crippen LogP contribution in [0.5, 0.6) is 0 Å². The lowest BCUT2D eigenvalue weighted by molar-refractivity contribution is 0.344. The number of hydrogen-bond donors (Lipinski definition) is 1.